The number of hydrogen-bond donors (Lipinski definition) is 0. The van der Waals surface area contributed by atoms with Crippen LogP contribution in [0, 0.1) is 6.08 Å². The molecule has 120 valence electrons. The third kappa shape index (κ3) is 8.57. The van der Waals surface area contributed by atoms with Crippen molar-refractivity contribution < 1.29 is 25.2 Å². The number of rotatable bonds is 4. The fraction of sp³-hybridized carbons (Fsp3) is 0.867. The first-order chi connectivity index (χ1) is 9.41. The van der Waals surface area contributed by atoms with E-state index < -0.39 is 16.6 Å². The van der Waals surface area contributed by atoms with Crippen LogP contribution in [-0.4, -0.2) is 28.8 Å². The topological polar surface area (TPSA) is 18.5 Å². The van der Waals surface area contributed by atoms with Crippen LogP contribution in [0.2, 0.25) is 37.8 Å². The van der Waals surface area contributed by atoms with Crippen LogP contribution in [0.15, 0.2) is 6.08 Å². The summed E-state index contributed by atoms with van der Waals surface area (Å²) in [5.41, 5.74) is 0. The van der Waals surface area contributed by atoms with Crippen LogP contribution in [-0.2, 0) is 25.2 Å². The molecule has 0 bridgehead atoms. The van der Waals surface area contributed by atoms with Crippen molar-refractivity contribution in [2.24, 2.45) is 0 Å². The van der Waals surface area contributed by atoms with Gasteiger partial charge in [-0.3, -0.25) is 0 Å². The second kappa shape index (κ2) is 8.88. The van der Waals surface area contributed by atoms with E-state index in [0.717, 1.165) is 12.8 Å². The van der Waals surface area contributed by atoms with Crippen LogP contribution < -0.4 is 0 Å². The van der Waals surface area contributed by atoms with Crippen LogP contribution in [0.5, 0.6) is 0 Å². The van der Waals surface area contributed by atoms with Crippen molar-refractivity contribution in [3.05, 3.63) is 12.2 Å². The molecular formula is C15H31BrO2Si2Zn. The third-order valence-corrected chi connectivity index (χ3v) is 9.43. The Balaban J connectivity index is 0.00000191. The van der Waals surface area contributed by atoms with Crippen molar-refractivity contribution in [3.63, 3.8) is 0 Å². The maximum atomic E-state index is 6.40. The Labute approximate surface area is 150 Å². The fourth-order valence-corrected chi connectivity index (χ4v) is 4.20. The second-order valence-corrected chi connectivity index (χ2v) is 17.3. The fourth-order valence-electron chi connectivity index (χ4n) is 1.86. The monoisotopic (exact) mass is 442 g/mol. The van der Waals surface area contributed by atoms with Gasteiger partial charge in [-0.05, 0) is 44.2 Å². The van der Waals surface area contributed by atoms with Gasteiger partial charge in [0.05, 0.1) is 0 Å². The zero-order valence-corrected chi connectivity index (χ0v) is 21.6. The molecule has 1 rings (SSSR count). The van der Waals surface area contributed by atoms with E-state index in [-0.39, 0.29) is 17.2 Å². The molecule has 0 aromatic rings. The molecule has 0 aromatic heterocycles. The molecule has 0 saturated carbocycles. The summed E-state index contributed by atoms with van der Waals surface area (Å²) in [6, 6.07) is 0. The number of halogens is 1. The van der Waals surface area contributed by atoms with Gasteiger partial charge in [-0.2, -0.15) is 0 Å². The third-order valence-electron chi connectivity index (χ3n) is 3.93. The van der Waals surface area contributed by atoms with Gasteiger partial charge < -0.3 is 14.9 Å². The second-order valence-electron chi connectivity index (χ2n) is 8.05. The van der Waals surface area contributed by atoms with E-state index >= 15 is 0 Å². The summed E-state index contributed by atoms with van der Waals surface area (Å²) >= 11 is 4.25. The zero-order chi connectivity index (χ0) is 16.9. The molecule has 0 radical (unpaired) electrons. The molecule has 1 aliphatic rings. The molecule has 0 fully saturated rings. The van der Waals surface area contributed by atoms with E-state index in [2.05, 4.69) is 79.3 Å². The van der Waals surface area contributed by atoms with Crippen LogP contribution >= 0.6 is 13.6 Å². The van der Waals surface area contributed by atoms with E-state index in [1.165, 1.54) is 16.3 Å². The van der Waals surface area contributed by atoms with Gasteiger partial charge in [0.2, 0.25) is 0 Å². The average molecular weight is 445 g/mol. The van der Waals surface area contributed by atoms with Crippen LogP contribution in [0.25, 0.3) is 0 Å². The molecule has 0 N–H and O–H groups in total. The molecule has 0 heterocycles. The first kappa shape index (κ1) is 22.2. The van der Waals surface area contributed by atoms with Gasteiger partial charge in [0.25, 0.3) is 0 Å². The summed E-state index contributed by atoms with van der Waals surface area (Å²) in [6.07, 6.45) is 8.02. The Bertz CT molecular complexity index is 336. The Morgan fingerprint density at radius 1 is 1.05 bits per heavy atom. The molecule has 21 heavy (non-hydrogen) atoms. The molecule has 0 aliphatic heterocycles. The van der Waals surface area contributed by atoms with E-state index in [1.807, 2.05) is 0 Å². The van der Waals surface area contributed by atoms with Crippen LogP contribution in [0.1, 0.15) is 33.6 Å². The van der Waals surface area contributed by atoms with E-state index in [1.54, 1.807) is 0 Å². The molecular weight excluding hydrogens is 414 g/mol. The van der Waals surface area contributed by atoms with Gasteiger partial charge in [-0.15, -0.1) is 0 Å². The summed E-state index contributed by atoms with van der Waals surface area (Å²) < 4.78 is 12.5. The van der Waals surface area contributed by atoms with Gasteiger partial charge in [0.15, 0.2) is 16.6 Å². The van der Waals surface area contributed by atoms with Crippen molar-refractivity contribution in [1.29, 1.82) is 0 Å². The minimum atomic E-state index is -1.66. The van der Waals surface area contributed by atoms with Gasteiger partial charge >= 0.3 is 30.0 Å². The molecule has 2 atom stereocenters. The Hall–Kier alpha value is 1.20. The maximum absolute atomic E-state index is 6.40. The van der Waals surface area contributed by atoms with E-state index in [0.29, 0.717) is 0 Å². The van der Waals surface area contributed by atoms with Crippen molar-refractivity contribution in [2.45, 2.75) is 83.6 Å². The summed E-state index contributed by atoms with van der Waals surface area (Å²) in [7, 11) is -3.12. The Morgan fingerprint density at radius 2 is 1.57 bits per heavy atom. The van der Waals surface area contributed by atoms with Crippen LogP contribution in [0.4, 0.5) is 0 Å². The molecule has 0 saturated heterocycles. The van der Waals surface area contributed by atoms with E-state index in [4.69, 9.17) is 8.85 Å². The summed E-state index contributed by atoms with van der Waals surface area (Å²) in [5.74, 6) is 0. The van der Waals surface area contributed by atoms with Crippen LogP contribution in [0.3, 0.4) is 0 Å². The minimum absolute atomic E-state index is 0.186. The van der Waals surface area contributed by atoms with Gasteiger partial charge in [-0.1, -0.05) is 33.3 Å². The molecule has 2 unspecified atom stereocenters. The van der Waals surface area contributed by atoms with Gasteiger partial charge in [0, 0.05) is 6.10 Å². The normalized spacial score (nSPS) is 23.6. The molecule has 1 aliphatic carbocycles. The van der Waals surface area contributed by atoms with Crippen molar-refractivity contribution in [3.8, 4) is 0 Å². The molecule has 0 aromatic carbocycles. The van der Waals surface area contributed by atoms with Crippen molar-refractivity contribution >= 4 is 30.3 Å². The number of hydrogen-bond acceptors (Lipinski definition) is 2. The standard InChI is InChI=1S/C15H31O2Si2.BrH.Zn/c1-15(2,3)19(7,8)17-14-11-9-13(10-12-14)16-18(4,5)6;;/h12-14H,9,11H2,1-8H3;1H;/q-1;;+2/p-1. The molecule has 6 heteroatoms. The van der Waals surface area contributed by atoms with Crippen molar-refractivity contribution in [1.82, 2.24) is 0 Å². The van der Waals surface area contributed by atoms with Gasteiger partial charge in [0.1, 0.15) is 0 Å². The Kier molecular flexibility index (Phi) is 9.39. The molecule has 2 nitrogen and oxygen atoms in total. The van der Waals surface area contributed by atoms with E-state index in [9.17, 15) is 0 Å². The predicted octanol–water partition coefficient (Wildman–Crippen LogP) is 5.59. The first-order valence-electron chi connectivity index (χ1n) is 7.62. The van der Waals surface area contributed by atoms with Crippen molar-refractivity contribution in [2.75, 3.05) is 0 Å². The molecule has 0 spiro atoms. The summed E-state index contributed by atoms with van der Waals surface area (Å²) in [6.45, 7) is 18.2. The average Bonchev–Trinajstić information content (AvgIpc) is 2.31. The summed E-state index contributed by atoms with van der Waals surface area (Å²) in [5, 5.41) is 0.270. The quantitative estimate of drug-likeness (QED) is 0.415. The summed E-state index contributed by atoms with van der Waals surface area (Å²) in [4.78, 5) is 0. The Morgan fingerprint density at radius 3 is 1.90 bits per heavy atom. The predicted molar refractivity (Wildman–Crippen MR) is 96.3 cm³/mol. The zero-order valence-electron chi connectivity index (χ0n) is 15.0. The SMILES string of the molecule is CC(C)(C)[Si](C)(C)OC1C=[C-]C(O[Si](C)(C)C)CC1.[Zn+][Br]. The first-order valence-corrected chi connectivity index (χ1v) is 20.9. The van der Waals surface area contributed by atoms with Gasteiger partial charge in [-0.25, -0.2) is 6.08 Å². The molecule has 0 amide bonds.